The van der Waals surface area contributed by atoms with Crippen molar-refractivity contribution >= 4 is 11.9 Å². The topological polar surface area (TPSA) is 59.0 Å². The van der Waals surface area contributed by atoms with Crippen molar-refractivity contribution < 1.29 is 4.79 Å². The molecule has 0 saturated heterocycles. The molecule has 2 rings (SSSR count). The van der Waals surface area contributed by atoms with E-state index in [1.165, 1.54) is 19.8 Å². The largest absolute Gasteiger partial charge is 0.355 e. The normalized spacial score (nSPS) is 15.0. The van der Waals surface area contributed by atoms with Crippen molar-refractivity contribution in [2.75, 3.05) is 18.4 Å². The van der Waals surface area contributed by atoms with Crippen LogP contribution in [0.4, 0.5) is 5.95 Å². The van der Waals surface area contributed by atoms with Crippen molar-refractivity contribution in [3.05, 3.63) is 12.4 Å². The fourth-order valence-corrected chi connectivity index (χ4v) is 1.51. The molecular weight excluding hydrogens is 192 g/mol. The zero-order valence-electron chi connectivity index (χ0n) is 8.86. The smallest absolute Gasteiger partial charge is 0.216 e. The molecule has 0 unspecified atom stereocenters. The summed E-state index contributed by atoms with van der Waals surface area (Å²) >= 11 is 0. The summed E-state index contributed by atoms with van der Waals surface area (Å²) in [7, 11) is 0. The van der Waals surface area contributed by atoms with Gasteiger partial charge in [-0.15, -0.1) is 0 Å². The molecule has 1 aliphatic rings. The van der Waals surface area contributed by atoms with E-state index in [0.29, 0.717) is 19.1 Å². The molecule has 0 spiro atoms. The number of amides is 1. The third-order valence-corrected chi connectivity index (χ3v) is 2.39. The summed E-state index contributed by atoms with van der Waals surface area (Å²) in [5.41, 5.74) is 0. The standard InChI is InChI=1S/C10H16N4O/c1-8(15)11-4-5-12-10-13-6-7-14(10)9-2-3-9/h6-7,9H,2-5H2,1H3,(H,11,15)(H,12,13). The highest BCUT2D eigenvalue weighted by Gasteiger charge is 2.25. The summed E-state index contributed by atoms with van der Waals surface area (Å²) in [6.07, 6.45) is 6.30. The van der Waals surface area contributed by atoms with Gasteiger partial charge in [0.15, 0.2) is 0 Å². The number of anilines is 1. The number of imidazole rings is 1. The van der Waals surface area contributed by atoms with E-state index in [2.05, 4.69) is 20.2 Å². The predicted octanol–water partition coefficient (Wildman–Crippen LogP) is 0.766. The summed E-state index contributed by atoms with van der Waals surface area (Å²) in [6.45, 7) is 2.86. The lowest BCUT2D eigenvalue weighted by Crippen LogP contribution is -2.26. The van der Waals surface area contributed by atoms with Gasteiger partial charge in [0.25, 0.3) is 0 Å². The first kappa shape index (κ1) is 10.0. The molecule has 1 aromatic heterocycles. The average molecular weight is 208 g/mol. The molecule has 0 aliphatic heterocycles. The quantitative estimate of drug-likeness (QED) is 0.702. The minimum atomic E-state index is 0.00216. The van der Waals surface area contributed by atoms with Gasteiger partial charge in [-0.2, -0.15) is 0 Å². The first-order chi connectivity index (χ1) is 7.27. The van der Waals surface area contributed by atoms with E-state index in [-0.39, 0.29) is 5.91 Å². The molecule has 0 aromatic carbocycles. The van der Waals surface area contributed by atoms with E-state index in [9.17, 15) is 4.79 Å². The molecule has 1 aliphatic carbocycles. The van der Waals surface area contributed by atoms with Crippen molar-refractivity contribution in [2.45, 2.75) is 25.8 Å². The predicted molar refractivity (Wildman–Crippen MR) is 57.7 cm³/mol. The maximum Gasteiger partial charge on any atom is 0.216 e. The lowest BCUT2D eigenvalue weighted by atomic mass is 10.5. The minimum absolute atomic E-state index is 0.00216. The number of hydrogen-bond acceptors (Lipinski definition) is 3. The van der Waals surface area contributed by atoms with E-state index in [0.717, 1.165) is 5.95 Å². The number of aromatic nitrogens is 2. The van der Waals surface area contributed by atoms with Gasteiger partial charge in [-0.3, -0.25) is 4.79 Å². The van der Waals surface area contributed by atoms with Crippen LogP contribution in [-0.2, 0) is 4.79 Å². The molecule has 1 aromatic rings. The summed E-state index contributed by atoms with van der Waals surface area (Å²) < 4.78 is 2.16. The van der Waals surface area contributed by atoms with Crippen LogP contribution in [0.5, 0.6) is 0 Å². The SMILES string of the molecule is CC(=O)NCCNc1nccn1C1CC1. The molecular formula is C10H16N4O. The molecule has 5 nitrogen and oxygen atoms in total. The molecule has 0 atom stereocenters. The van der Waals surface area contributed by atoms with Gasteiger partial charge in [-0.05, 0) is 12.8 Å². The van der Waals surface area contributed by atoms with Crippen LogP contribution < -0.4 is 10.6 Å². The van der Waals surface area contributed by atoms with E-state index in [1.807, 2.05) is 6.20 Å². The molecule has 1 saturated carbocycles. The van der Waals surface area contributed by atoms with Crippen molar-refractivity contribution in [3.8, 4) is 0 Å². The monoisotopic (exact) mass is 208 g/mol. The summed E-state index contributed by atoms with van der Waals surface area (Å²) in [5, 5.41) is 5.94. The minimum Gasteiger partial charge on any atom is -0.355 e. The fraction of sp³-hybridized carbons (Fsp3) is 0.600. The Morgan fingerprint density at radius 2 is 2.40 bits per heavy atom. The van der Waals surface area contributed by atoms with Gasteiger partial charge in [0.1, 0.15) is 0 Å². The molecule has 0 radical (unpaired) electrons. The van der Waals surface area contributed by atoms with Crippen molar-refractivity contribution in [2.24, 2.45) is 0 Å². The number of rotatable bonds is 5. The Bertz CT molecular complexity index is 343. The van der Waals surface area contributed by atoms with E-state index in [1.54, 1.807) is 6.20 Å². The highest BCUT2D eigenvalue weighted by atomic mass is 16.1. The van der Waals surface area contributed by atoms with Gasteiger partial charge >= 0.3 is 0 Å². The molecule has 5 heteroatoms. The van der Waals surface area contributed by atoms with Crippen molar-refractivity contribution in [1.29, 1.82) is 0 Å². The Morgan fingerprint density at radius 1 is 1.60 bits per heavy atom. The number of carbonyl (C=O) groups excluding carboxylic acids is 1. The van der Waals surface area contributed by atoms with E-state index < -0.39 is 0 Å². The Kier molecular flexibility index (Phi) is 2.89. The van der Waals surface area contributed by atoms with Crippen LogP contribution in [0.2, 0.25) is 0 Å². The molecule has 82 valence electrons. The Balaban J connectivity index is 1.77. The lowest BCUT2D eigenvalue weighted by molar-refractivity contribution is -0.118. The summed E-state index contributed by atoms with van der Waals surface area (Å²) in [4.78, 5) is 14.9. The van der Waals surface area contributed by atoms with Crippen LogP contribution in [-0.4, -0.2) is 28.5 Å². The first-order valence-electron chi connectivity index (χ1n) is 5.28. The number of hydrogen-bond donors (Lipinski definition) is 2. The molecule has 15 heavy (non-hydrogen) atoms. The molecule has 1 amide bonds. The van der Waals surface area contributed by atoms with E-state index in [4.69, 9.17) is 0 Å². The van der Waals surface area contributed by atoms with Crippen LogP contribution in [0.3, 0.4) is 0 Å². The van der Waals surface area contributed by atoms with Crippen molar-refractivity contribution in [3.63, 3.8) is 0 Å². The third kappa shape index (κ3) is 2.71. The zero-order chi connectivity index (χ0) is 10.7. The number of nitrogens with one attached hydrogen (secondary N) is 2. The summed E-state index contributed by atoms with van der Waals surface area (Å²) in [6, 6.07) is 0.635. The van der Waals surface area contributed by atoms with Gasteiger partial charge in [0.2, 0.25) is 11.9 Å². The van der Waals surface area contributed by atoms with E-state index >= 15 is 0 Å². The van der Waals surface area contributed by atoms with Crippen LogP contribution >= 0.6 is 0 Å². The Morgan fingerprint density at radius 3 is 3.07 bits per heavy atom. The van der Waals surface area contributed by atoms with Gasteiger partial charge in [-0.1, -0.05) is 0 Å². The maximum absolute atomic E-state index is 10.6. The summed E-state index contributed by atoms with van der Waals surface area (Å²) in [5.74, 6) is 0.908. The molecule has 1 fully saturated rings. The fourth-order valence-electron chi connectivity index (χ4n) is 1.51. The molecule has 0 bridgehead atoms. The van der Waals surface area contributed by atoms with Crippen LogP contribution in [0, 0.1) is 0 Å². The first-order valence-corrected chi connectivity index (χ1v) is 5.28. The highest BCUT2D eigenvalue weighted by molar-refractivity contribution is 5.72. The average Bonchev–Trinajstić information content (AvgIpc) is 2.93. The second-order valence-electron chi connectivity index (χ2n) is 3.80. The second kappa shape index (κ2) is 4.33. The van der Waals surface area contributed by atoms with Crippen LogP contribution in [0.15, 0.2) is 12.4 Å². The number of carbonyl (C=O) groups is 1. The molecule has 1 heterocycles. The second-order valence-corrected chi connectivity index (χ2v) is 3.80. The van der Waals surface area contributed by atoms with Gasteiger partial charge in [-0.25, -0.2) is 4.98 Å². The van der Waals surface area contributed by atoms with Crippen LogP contribution in [0.25, 0.3) is 0 Å². The highest BCUT2D eigenvalue weighted by Crippen LogP contribution is 2.36. The van der Waals surface area contributed by atoms with Gasteiger partial charge < -0.3 is 15.2 Å². The maximum atomic E-state index is 10.6. The zero-order valence-corrected chi connectivity index (χ0v) is 8.86. The van der Waals surface area contributed by atoms with Crippen molar-refractivity contribution in [1.82, 2.24) is 14.9 Å². The lowest BCUT2D eigenvalue weighted by Gasteiger charge is -2.08. The molecule has 2 N–H and O–H groups in total. The number of nitrogens with zero attached hydrogens (tertiary/aromatic N) is 2. The van der Waals surface area contributed by atoms with Gasteiger partial charge in [0, 0.05) is 38.4 Å². The van der Waals surface area contributed by atoms with Crippen LogP contribution in [0.1, 0.15) is 25.8 Å². The Labute approximate surface area is 88.9 Å². The Hall–Kier alpha value is -1.52. The van der Waals surface area contributed by atoms with Gasteiger partial charge in [0.05, 0.1) is 0 Å². The third-order valence-electron chi connectivity index (χ3n) is 2.39.